The Morgan fingerprint density at radius 2 is 1.92 bits per heavy atom. The molecule has 2 saturated heterocycles. The topological polar surface area (TPSA) is 45.7 Å². The Labute approximate surface area is 140 Å². The molecule has 1 aliphatic carbocycles. The first kappa shape index (κ1) is 15.8. The number of guanidine groups is 1. The van der Waals surface area contributed by atoms with E-state index in [0.717, 1.165) is 31.6 Å². The monoisotopic (exact) mass is 335 g/mol. The normalized spacial score (nSPS) is 34.5. The molecule has 3 aliphatic rings. The molecular formula is C18H23F2N3O. The summed E-state index contributed by atoms with van der Waals surface area (Å²) >= 11 is 0. The smallest absolute Gasteiger partial charge is 0.191 e. The van der Waals surface area contributed by atoms with Gasteiger partial charge in [-0.1, -0.05) is 6.07 Å². The number of rotatable bonds is 4. The molecule has 6 heteroatoms. The summed E-state index contributed by atoms with van der Waals surface area (Å²) in [4.78, 5) is 4.48. The maximum atomic E-state index is 13.9. The van der Waals surface area contributed by atoms with Crippen LogP contribution in [0.25, 0.3) is 0 Å². The van der Waals surface area contributed by atoms with Gasteiger partial charge in [0.05, 0.1) is 18.2 Å². The fourth-order valence-corrected chi connectivity index (χ4v) is 3.97. The first-order chi connectivity index (χ1) is 11.7. The third kappa shape index (κ3) is 2.99. The summed E-state index contributed by atoms with van der Waals surface area (Å²) in [5.74, 6) is -0.338. The number of nitrogens with zero attached hydrogens (tertiary/aromatic N) is 1. The zero-order valence-electron chi connectivity index (χ0n) is 13.8. The third-order valence-electron chi connectivity index (χ3n) is 5.23. The van der Waals surface area contributed by atoms with Crippen LogP contribution < -0.4 is 10.6 Å². The van der Waals surface area contributed by atoms with Gasteiger partial charge in [0.25, 0.3) is 0 Å². The van der Waals surface area contributed by atoms with Crippen LogP contribution in [0.5, 0.6) is 0 Å². The molecule has 2 N–H and O–H groups in total. The van der Waals surface area contributed by atoms with Gasteiger partial charge in [0, 0.05) is 24.1 Å². The number of aliphatic imine (C=N–C) groups is 1. The second-order valence-corrected chi connectivity index (χ2v) is 6.91. The molecule has 0 aromatic heterocycles. The highest BCUT2D eigenvalue weighted by molar-refractivity contribution is 5.81. The molecule has 130 valence electrons. The highest BCUT2D eigenvalue weighted by Gasteiger charge is 2.44. The molecule has 1 saturated carbocycles. The minimum Gasteiger partial charge on any atom is -0.373 e. The minimum atomic E-state index is -0.465. The number of ether oxygens (including phenoxy) is 1. The van der Waals surface area contributed by atoms with Crippen molar-refractivity contribution >= 4 is 5.96 Å². The molecule has 2 aliphatic heterocycles. The van der Waals surface area contributed by atoms with E-state index in [9.17, 15) is 8.78 Å². The van der Waals surface area contributed by atoms with Crippen molar-refractivity contribution < 1.29 is 13.5 Å². The van der Waals surface area contributed by atoms with E-state index in [1.54, 1.807) is 0 Å². The van der Waals surface area contributed by atoms with E-state index in [2.05, 4.69) is 15.6 Å². The lowest BCUT2D eigenvalue weighted by molar-refractivity contribution is 0.0992. The van der Waals surface area contributed by atoms with Crippen molar-refractivity contribution in [3.63, 3.8) is 0 Å². The average Bonchev–Trinajstić information content (AvgIpc) is 2.97. The summed E-state index contributed by atoms with van der Waals surface area (Å²) < 4.78 is 33.7. The Hall–Kier alpha value is -1.69. The molecule has 1 aromatic rings. The maximum absolute atomic E-state index is 13.9. The van der Waals surface area contributed by atoms with Crippen molar-refractivity contribution in [3.8, 4) is 0 Å². The summed E-state index contributed by atoms with van der Waals surface area (Å²) in [6.45, 7) is 2.63. The summed E-state index contributed by atoms with van der Waals surface area (Å²) in [6, 6.07) is 4.34. The van der Waals surface area contributed by atoms with E-state index in [-0.39, 0.29) is 29.7 Å². The van der Waals surface area contributed by atoms with Crippen LogP contribution in [0.1, 0.15) is 44.1 Å². The van der Waals surface area contributed by atoms with Gasteiger partial charge >= 0.3 is 0 Å². The SMILES string of the molecule is CCN=C(NC1CC2CCC1O2)NC1CC1c1c(F)cccc1F. The van der Waals surface area contributed by atoms with Crippen LogP contribution in [-0.4, -0.2) is 36.8 Å². The zero-order valence-corrected chi connectivity index (χ0v) is 13.8. The largest absolute Gasteiger partial charge is 0.373 e. The highest BCUT2D eigenvalue weighted by Crippen LogP contribution is 2.43. The van der Waals surface area contributed by atoms with Gasteiger partial charge in [-0.15, -0.1) is 0 Å². The van der Waals surface area contributed by atoms with Crippen molar-refractivity contribution in [2.24, 2.45) is 4.99 Å². The summed E-state index contributed by atoms with van der Waals surface area (Å²) in [6.07, 6.45) is 4.59. The predicted molar refractivity (Wildman–Crippen MR) is 88.1 cm³/mol. The molecule has 4 rings (SSSR count). The van der Waals surface area contributed by atoms with Crippen LogP contribution in [0.15, 0.2) is 23.2 Å². The zero-order chi connectivity index (χ0) is 16.7. The fourth-order valence-electron chi connectivity index (χ4n) is 3.97. The second kappa shape index (κ2) is 6.31. The van der Waals surface area contributed by atoms with Crippen molar-refractivity contribution in [1.82, 2.24) is 10.6 Å². The van der Waals surface area contributed by atoms with Crippen molar-refractivity contribution in [2.75, 3.05) is 6.54 Å². The first-order valence-corrected chi connectivity index (χ1v) is 8.82. The molecule has 3 fully saturated rings. The van der Waals surface area contributed by atoms with E-state index >= 15 is 0 Å². The van der Waals surface area contributed by atoms with Gasteiger partial charge in [-0.05, 0) is 44.7 Å². The molecule has 2 bridgehead atoms. The standard InChI is InChI=1S/C18H23F2N3O/c1-2-21-18(23-15-8-10-6-7-16(15)24-10)22-14-9-11(14)17-12(19)4-3-5-13(17)20/h3-5,10-11,14-16H,2,6-9H2,1H3,(H2,21,22,23). The molecule has 4 nitrogen and oxygen atoms in total. The molecule has 5 unspecified atom stereocenters. The Bertz CT molecular complexity index is 631. The Morgan fingerprint density at radius 3 is 2.54 bits per heavy atom. The molecule has 0 spiro atoms. The third-order valence-corrected chi connectivity index (χ3v) is 5.23. The lowest BCUT2D eigenvalue weighted by atomic mass is 9.96. The molecule has 24 heavy (non-hydrogen) atoms. The fraction of sp³-hybridized carbons (Fsp3) is 0.611. The van der Waals surface area contributed by atoms with Crippen molar-refractivity contribution in [3.05, 3.63) is 35.4 Å². The molecule has 2 heterocycles. The van der Waals surface area contributed by atoms with E-state index in [0.29, 0.717) is 12.6 Å². The van der Waals surface area contributed by atoms with Gasteiger partial charge < -0.3 is 15.4 Å². The first-order valence-electron chi connectivity index (χ1n) is 8.82. The Balaban J connectivity index is 1.39. The van der Waals surface area contributed by atoms with Gasteiger partial charge in [0.15, 0.2) is 5.96 Å². The minimum absolute atomic E-state index is 0.0220. The summed E-state index contributed by atoms with van der Waals surface area (Å²) in [7, 11) is 0. The van der Waals surface area contributed by atoms with Crippen LogP contribution >= 0.6 is 0 Å². The number of hydrogen-bond donors (Lipinski definition) is 2. The second-order valence-electron chi connectivity index (χ2n) is 6.91. The van der Waals surface area contributed by atoms with Crippen LogP contribution in [-0.2, 0) is 4.74 Å². The van der Waals surface area contributed by atoms with Crippen LogP contribution in [0.2, 0.25) is 0 Å². The summed E-state index contributed by atoms with van der Waals surface area (Å²) in [5.41, 5.74) is 0.189. The Kier molecular flexibility index (Phi) is 4.16. The molecule has 0 amide bonds. The lowest BCUT2D eigenvalue weighted by Gasteiger charge is -2.23. The van der Waals surface area contributed by atoms with E-state index < -0.39 is 11.6 Å². The lowest BCUT2D eigenvalue weighted by Crippen LogP contribution is -2.48. The number of fused-ring (bicyclic) bond motifs is 2. The summed E-state index contributed by atoms with van der Waals surface area (Å²) in [5, 5.41) is 6.78. The van der Waals surface area contributed by atoms with Crippen LogP contribution in [0.4, 0.5) is 8.78 Å². The molecule has 1 aromatic carbocycles. The van der Waals surface area contributed by atoms with Gasteiger partial charge in [0.2, 0.25) is 0 Å². The van der Waals surface area contributed by atoms with E-state index in [1.807, 2.05) is 6.92 Å². The van der Waals surface area contributed by atoms with E-state index in [4.69, 9.17) is 4.74 Å². The molecule has 5 atom stereocenters. The van der Waals surface area contributed by atoms with Gasteiger partial charge in [0.1, 0.15) is 11.6 Å². The van der Waals surface area contributed by atoms with Gasteiger partial charge in [-0.25, -0.2) is 8.78 Å². The van der Waals surface area contributed by atoms with Crippen molar-refractivity contribution in [1.29, 1.82) is 0 Å². The number of benzene rings is 1. The quantitative estimate of drug-likeness (QED) is 0.657. The Morgan fingerprint density at radius 1 is 1.17 bits per heavy atom. The predicted octanol–water partition coefficient (Wildman–Crippen LogP) is 2.70. The van der Waals surface area contributed by atoms with Gasteiger partial charge in [-0.3, -0.25) is 4.99 Å². The number of halogens is 2. The van der Waals surface area contributed by atoms with E-state index in [1.165, 1.54) is 18.2 Å². The molecule has 0 radical (unpaired) electrons. The average molecular weight is 335 g/mol. The maximum Gasteiger partial charge on any atom is 0.191 e. The van der Waals surface area contributed by atoms with Crippen LogP contribution in [0, 0.1) is 11.6 Å². The molecular weight excluding hydrogens is 312 g/mol. The van der Waals surface area contributed by atoms with Crippen LogP contribution in [0.3, 0.4) is 0 Å². The van der Waals surface area contributed by atoms with Gasteiger partial charge in [-0.2, -0.15) is 0 Å². The number of hydrogen-bond acceptors (Lipinski definition) is 2. The highest BCUT2D eigenvalue weighted by atomic mass is 19.1. The van der Waals surface area contributed by atoms with Crippen molar-refractivity contribution in [2.45, 2.75) is 62.8 Å². The number of nitrogens with one attached hydrogen (secondary N) is 2.